The van der Waals surface area contributed by atoms with Crippen molar-refractivity contribution in [3.05, 3.63) is 89.0 Å². The number of rotatable bonds is 5. The summed E-state index contributed by atoms with van der Waals surface area (Å²) < 4.78 is 0. The highest BCUT2D eigenvalue weighted by Gasteiger charge is 2.13. The van der Waals surface area contributed by atoms with E-state index < -0.39 is 0 Å². The second kappa shape index (κ2) is 7.30. The third-order valence-electron chi connectivity index (χ3n) is 5.67. The first-order valence-electron chi connectivity index (χ1n) is 10.2. The van der Waals surface area contributed by atoms with Crippen molar-refractivity contribution in [2.45, 2.75) is 12.8 Å². The minimum absolute atomic E-state index is 0.136. The monoisotopic (exact) mass is 393 g/mol. The maximum atomic E-state index is 12.8. The molecule has 0 saturated carbocycles. The van der Waals surface area contributed by atoms with Gasteiger partial charge in [0.15, 0.2) is 5.78 Å². The molecule has 1 aromatic heterocycles. The number of hydrogen-bond donors (Lipinski definition) is 1. The van der Waals surface area contributed by atoms with E-state index in [1.165, 1.54) is 5.56 Å². The molecule has 0 bridgehead atoms. The SMILES string of the molecule is CN(C)c1ccc(-c2nc3ccc(CC(=O)c4ccc5c(c4)C=CC5)cc3[nH]2)cc1. The molecular weight excluding hydrogens is 370 g/mol. The van der Waals surface area contributed by atoms with Crippen LogP contribution < -0.4 is 4.90 Å². The van der Waals surface area contributed by atoms with Gasteiger partial charge in [-0.05, 0) is 65.6 Å². The molecule has 4 nitrogen and oxygen atoms in total. The predicted molar refractivity (Wildman–Crippen MR) is 123 cm³/mol. The lowest BCUT2D eigenvalue weighted by Gasteiger charge is -2.11. The number of H-pyrrole nitrogens is 1. The van der Waals surface area contributed by atoms with Crippen LogP contribution in [0.2, 0.25) is 0 Å². The third-order valence-corrected chi connectivity index (χ3v) is 5.67. The zero-order valence-corrected chi connectivity index (χ0v) is 17.1. The van der Waals surface area contributed by atoms with E-state index >= 15 is 0 Å². The number of hydrogen-bond acceptors (Lipinski definition) is 3. The van der Waals surface area contributed by atoms with Gasteiger partial charge in [0.1, 0.15) is 5.82 Å². The van der Waals surface area contributed by atoms with Crippen LogP contribution in [0.5, 0.6) is 0 Å². The van der Waals surface area contributed by atoms with Crippen LogP contribution in [0.1, 0.15) is 27.0 Å². The van der Waals surface area contributed by atoms with E-state index in [2.05, 4.69) is 52.4 Å². The molecular formula is C26H23N3O. The van der Waals surface area contributed by atoms with Crippen LogP contribution in [0.3, 0.4) is 0 Å². The molecule has 0 amide bonds. The van der Waals surface area contributed by atoms with Crippen LogP contribution in [0.15, 0.2) is 66.7 Å². The van der Waals surface area contributed by atoms with E-state index in [1.807, 2.05) is 44.4 Å². The summed E-state index contributed by atoms with van der Waals surface area (Å²) in [6.45, 7) is 0. The van der Waals surface area contributed by atoms with E-state index in [0.29, 0.717) is 6.42 Å². The highest BCUT2D eigenvalue weighted by molar-refractivity contribution is 5.98. The molecule has 30 heavy (non-hydrogen) atoms. The molecule has 4 aromatic rings. The van der Waals surface area contributed by atoms with Gasteiger partial charge in [-0.25, -0.2) is 4.98 Å². The van der Waals surface area contributed by atoms with Gasteiger partial charge in [0.05, 0.1) is 11.0 Å². The number of nitrogens with one attached hydrogen (secondary N) is 1. The standard InChI is InChI=1S/C26H23N3O/c1-29(2)22-11-9-19(10-12-22)26-27-23-13-6-17(14-24(23)28-26)15-25(30)21-8-7-18-4-3-5-20(18)16-21/h3,5-14,16H,4,15H2,1-2H3,(H,27,28). The number of imidazole rings is 1. The van der Waals surface area contributed by atoms with Crippen molar-refractivity contribution in [3.63, 3.8) is 0 Å². The molecule has 5 rings (SSSR count). The molecule has 0 fully saturated rings. The van der Waals surface area contributed by atoms with Gasteiger partial charge in [-0.2, -0.15) is 0 Å². The summed E-state index contributed by atoms with van der Waals surface area (Å²) in [5, 5.41) is 0. The molecule has 1 aliphatic rings. The number of fused-ring (bicyclic) bond motifs is 2. The number of anilines is 1. The molecule has 4 heteroatoms. The lowest BCUT2D eigenvalue weighted by atomic mass is 9.99. The van der Waals surface area contributed by atoms with Gasteiger partial charge >= 0.3 is 0 Å². The van der Waals surface area contributed by atoms with E-state index in [-0.39, 0.29) is 5.78 Å². The molecule has 1 heterocycles. The summed E-state index contributed by atoms with van der Waals surface area (Å²) in [4.78, 5) is 23.0. The molecule has 0 spiro atoms. The summed E-state index contributed by atoms with van der Waals surface area (Å²) in [6.07, 6.45) is 5.57. The van der Waals surface area contributed by atoms with E-state index in [9.17, 15) is 4.79 Å². The van der Waals surface area contributed by atoms with Gasteiger partial charge in [-0.1, -0.05) is 30.4 Å². The molecule has 0 radical (unpaired) electrons. The van der Waals surface area contributed by atoms with Crippen molar-refractivity contribution in [1.29, 1.82) is 0 Å². The van der Waals surface area contributed by atoms with Gasteiger partial charge in [-0.15, -0.1) is 0 Å². The molecule has 0 atom stereocenters. The number of Topliss-reactive ketones (excluding diaryl/α,β-unsaturated/α-hetero) is 1. The molecule has 0 unspecified atom stereocenters. The minimum Gasteiger partial charge on any atom is -0.378 e. The van der Waals surface area contributed by atoms with Crippen LogP contribution in [-0.4, -0.2) is 29.8 Å². The van der Waals surface area contributed by atoms with E-state index in [4.69, 9.17) is 4.98 Å². The maximum absolute atomic E-state index is 12.8. The fraction of sp³-hybridized carbons (Fsp3) is 0.154. The third kappa shape index (κ3) is 3.41. The first-order valence-corrected chi connectivity index (χ1v) is 10.2. The quantitative estimate of drug-likeness (QED) is 0.469. The molecule has 1 aliphatic carbocycles. The van der Waals surface area contributed by atoms with Crippen molar-refractivity contribution < 1.29 is 4.79 Å². The Hall–Kier alpha value is -3.66. The van der Waals surface area contributed by atoms with Crippen LogP contribution in [-0.2, 0) is 12.8 Å². The van der Waals surface area contributed by atoms with Gasteiger partial charge in [0, 0.05) is 37.3 Å². The number of benzene rings is 3. The maximum Gasteiger partial charge on any atom is 0.167 e. The summed E-state index contributed by atoms with van der Waals surface area (Å²) in [7, 11) is 4.05. The molecule has 3 aromatic carbocycles. The second-order valence-corrected chi connectivity index (χ2v) is 8.00. The lowest BCUT2D eigenvalue weighted by Crippen LogP contribution is -2.07. The van der Waals surface area contributed by atoms with Crippen molar-refractivity contribution in [3.8, 4) is 11.4 Å². The zero-order valence-electron chi connectivity index (χ0n) is 17.1. The van der Waals surface area contributed by atoms with Crippen molar-refractivity contribution in [2.75, 3.05) is 19.0 Å². The number of aromatic nitrogens is 2. The fourth-order valence-corrected chi connectivity index (χ4v) is 3.93. The first kappa shape index (κ1) is 18.4. The van der Waals surface area contributed by atoms with Gasteiger partial charge in [-0.3, -0.25) is 4.79 Å². The first-order chi connectivity index (χ1) is 14.6. The molecule has 1 N–H and O–H groups in total. The van der Waals surface area contributed by atoms with E-state index in [1.54, 1.807) is 0 Å². The number of allylic oxidation sites excluding steroid dienone is 1. The topological polar surface area (TPSA) is 49.0 Å². The normalized spacial score (nSPS) is 12.3. The Kier molecular flexibility index (Phi) is 4.47. The summed E-state index contributed by atoms with van der Waals surface area (Å²) in [5.41, 5.74) is 8.25. The average molecular weight is 393 g/mol. The number of carbonyl (C=O) groups excluding carboxylic acids is 1. The largest absolute Gasteiger partial charge is 0.378 e. The summed E-state index contributed by atoms with van der Waals surface area (Å²) >= 11 is 0. The van der Waals surface area contributed by atoms with Crippen LogP contribution in [0.4, 0.5) is 5.69 Å². The van der Waals surface area contributed by atoms with Gasteiger partial charge in [0.25, 0.3) is 0 Å². The van der Waals surface area contributed by atoms with Crippen molar-refractivity contribution in [1.82, 2.24) is 9.97 Å². The van der Waals surface area contributed by atoms with Gasteiger partial charge in [0.2, 0.25) is 0 Å². The van der Waals surface area contributed by atoms with E-state index in [0.717, 1.165) is 51.2 Å². The lowest BCUT2D eigenvalue weighted by molar-refractivity contribution is 0.0993. The Morgan fingerprint density at radius 2 is 1.87 bits per heavy atom. The Bertz CT molecular complexity index is 1280. The average Bonchev–Trinajstić information content (AvgIpc) is 3.39. The number of aromatic amines is 1. The Morgan fingerprint density at radius 1 is 1.03 bits per heavy atom. The van der Waals surface area contributed by atoms with Crippen LogP contribution >= 0.6 is 0 Å². The van der Waals surface area contributed by atoms with Crippen molar-refractivity contribution in [2.24, 2.45) is 0 Å². The number of ketones is 1. The summed E-state index contributed by atoms with van der Waals surface area (Å²) in [5.74, 6) is 0.973. The Balaban J connectivity index is 1.38. The Morgan fingerprint density at radius 3 is 2.67 bits per heavy atom. The number of carbonyl (C=O) groups is 1. The summed E-state index contributed by atoms with van der Waals surface area (Å²) in [6, 6.07) is 20.3. The van der Waals surface area contributed by atoms with Crippen molar-refractivity contribution >= 4 is 28.6 Å². The van der Waals surface area contributed by atoms with Crippen LogP contribution in [0.25, 0.3) is 28.5 Å². The van der Waals surface area contributed by atoms with Crippen LogP contribution in [0, 0.1) is 0 Å². The molecule has 148 valence electrons. The number of nitrogens with zero attached hydrogens (tertiary/aromatic N) is 2. The zero-order chi connectivity index (χ0) is 20.7. The highest BCUT2D eigenvalue weighted by Crippen LogP contribution is 2.25. The highest BCUT2D eigenvalue weighted by atomic mass is 16.1. The van der Waals surface area contributed by atoms with Gasteiger partial charge < -0.3 is 9.88 Å². The second-order valence-electron chi connectivity index (χ2n) is 8.00. The fourth-order valence-electron chi connectivity index (χ4n) is 3.93. The smallest absolute Gasteiger partial charge is 0.167 e. The predicted octanol–water partition coefficient (Wildman–Crippen LogP) is 5.29. The molecule has 0 saturated heterocycles. The Labute approximate surface area is 175 Å². The molecule has 0 aliphatic heterocycles. The minimum atomic E-state index is 0.136.